The number of ether oxygens (including phenoxy) is 2. The molecule has 0 saturated carbocycles. The van der Waals surface area contributed by atoms with E-state index in [1.165, 1.54) is 18.1 Å². The summed E-state index contributed by atoms with van der Waals surface area (Å²) < 4.78 is 16.4. The van der Waals surface area contributed by atoms with E-state index in [1.807, 2.05) is 0 Å². The van der Waals surface area contributed by atoms with Crippen molar-refractivity contribution in [3.8, 4) is 11.5 Å². The molecule has 6 heteroatoms. The first kappa shape index (κ1) is 16.9. The molecule has 1 amide bonds. The Bertz CT molecular complexity index is 1130. The molecule has 0 radical (unpaired) electrons. The van der Waals surface area contributed by atoms with Crippen LogP contribution in [0.1, 0.15) is 40.4 Å². The third-order valence-electron chi connectivity index (χ3n) is 5.39. The molecule has 0 spiro atoms. The predicted octanol–water partition coefficient (Wildman–Crippen LogP) is 4.03. The van der Waals surface area contributed by atoms with E-state index >= 15 is 0 Å². The van der Waals surface area contributed by atoms with Gasteiger partial charge in [-0.2, -0.15) is 0 Å². The number of amides is 1. The van der Waals surface area contributed by atoms with Crippen LogP contribution in [0.3, 0.4) is 0 Å². The molecule has 0 saturated heterocycles. The average Bonchev–Trinajstić information content (AvgIpc) is 3.38. The number of aryl methyl sites for hydroxylation is 2. The fourth-order valence-electron chi connectivity index (χ4n) is 3.99. The van der Waals surface area contributed by atoms with E-state index in [-0.39, 0.29) is 24.9 Å². The number of hydrogen-bond donors (Lipinski definition) is 1. The first-order valence-corrected chi connectivity index (χ1v) is 9.35. The Morgan fingerprint density at radius 1 is 1.04 bits per heavy atom. The molecule has 2 heterocycles. The van der Waals surface area contributed by atoms with Gasteiger partial charge in [-0.25, -0.2) is 0 Å². The largest absolute Gasteiger partial charge is 0.464 e. The highest BCUT2D eigenvalue weighted by Gasteiger charge is 2.21. The molecule has 1 aliphatic heterocycles. The Balaban J connectivity index is 1.41. The number of hydrogen-bond acceptors (Lipinski definition) is 5. The number of Topliss-reactive ketones (excluding diaryl/α,β-unsaturated/α-hetero) is 1. The van der Waals surface area contributed by atoms with Crippen molar-refractivity contribution in [1.82, 2.24) is 0 Å². The van der Waals surface area contributed by atoms with Crippen molar-refractivity contribution in [3.05, 3.63) is 52.8 Å². The lowest BCUT2D eigenvalue weighted by Crippen LogP contribution is -2.16. The number of anilines is 1. The zero-order valence-electron chi connectivity index (χ0n) is 15.5. The van der Waals surface area contributed by atoms with Crippen LogP contribution in [-0.4, -0.2) is 18.5 Å². The Labute approximate surface area is 161 Å². The van der Waals surface area contributed by atoms with Crippen LogP contribution in [0, 0.1) is 0 Å². The molecule has 2 aliphatic rings. The predicted molar refractivity (Wildman–Crippen MR) is 103 cm³/mol. The minimum Gasteiger partial charge on any atom is -0.464 e. The van der Waals surface area contributed by atoms with Gasteiger partial charge >= 0.3 is 0 Å². The van der Waals surface area contributed by atoms with Crippen molar-refractivity contribution in [2.45, 2.75) is 32.6 Å². The summed E-state index contributed by atoms with van der Waals surface area (Å²) in [5.74, 6) is 0.657. The lowest BCUT2D eigenvalue weighted by molar-refractivity contribution is -0.115. The lowest BCUT2D eigenvalue weighted by atomic mass is 10.0. The van der Waals surface area contributed by atoms with Crippen LogP contribution in [0.25, 0.3) is 11.0 Å². The zero-order valence-corrected chi connectivity index (χ0v) is 15.5. The number of fused-ring (bicyclic) bond motifs is 3. The standard InChI is InChI=1S/C22H19NO5/c1-12(24)16-8-20-21(28-11-27-20)9-18(16)23-22(25)7-15-10-26-19-6-14-4-2-3-13(14)5-17(15)19/h5-6,8-10H,2-4,7,11H2,1H3,(H,23,25). The number of nitrogens with one attached hydrogen (secondary N) is 1. The van der Waals surface area contributed by atoms with Gasteiger partial charge in [-0.05, 0) is 55.5 Å². The minimum absolute atomic E-state index is 0.107. The smallest absolute Gasteiger partial charge is 0.231 e. The molecule has 0 atom stereocenters. The SMILES string of the molecule is CC(=O)c1cc2c(cc1NC(=O)Cc1coc3cc4c(cc13)CCC4)OCO2. The minimum atomic E-state index is -0.218. The second-order valence-electron chi connectivity index (χ2n) is 7.26. The van der Waals surface area contributed by atoms with E-state index < -0.39 is 0 Å². The van der Waals surface area contributed by atoms with E-state index in [4.69, 9.17) is 13.9 Å². The molecular formula is C22H19NO5. The van der Waals surface area contributed by atoms with Crippen molar-refractivity contribution in [2.75, 3.05) is 12.1 Å². The monoisotopic (exact) mass is 377 g/mol. The van der Waals surface area contributed by atoms with Crippen molar-refractivity contribution in [1.29, 1.82) is 0 Å². The summed E-state index contributed by atoms with van der Waals surface area (Å²) in [6.07, 6.45) is 5.12. The van der Waals surface area contributed by atoms with Crippen molar-refractivity contribution < 1.29 is 23.5 Å². The topological polar surface area (TPSA) is 77.8 Å². The molecular weight excluding hydrogens is 358 g/mol. The highest BCUT2D eigenvalue weighted by atomic mass is 16.7. The summed E-state index contributed by atoms with van der Waals surface area (Å²) in [5, 5.41) is 3.82. The lowest BCUT2D eigenvalue weighted by Gasteiger charge is -2.10. The molecule has 0 fully saturated rings. The Kier molecular flexibility index (Phi) is 3.86. The summed E-state index contributed by atoms with van der Waals surface area (Å²) in [5.41, 5.74) is 5.15. The van der Waals surface area contributed by atoms with E-state index in [1.54, 1.807) is 18.4 Å². The second-order valence-corrected chi connectivity index (χ2v) is 7.26. The maximum Gasteiger partial charge on any atom is 0.231 e. The van der Waals surface area contributed by atoms with E-state index in [0.717, 1.165) is 35.8 Å². The summed E-state index contributed by atoms with van der Waals surface area (Å²) >= 11 is 0. The fraction of sp³-hybridized carbons (Fsp3) is 0.273. The normalized spacial score (nSPS) is 14.3. The van der Waals surface area contributed by atoms with Crippen LogP contribution < -0.4 is 14.8 Å². The Hall–Kier alpha value is -3.28. The summed E-state index contributed by atoms with van der Waals surface area (Å²) in [4.78, 5) is 24.7. The molecule has 2 aromatic carbocycles. The van der Waals surface area contributed by atoms with Crippen LogP contribution in [0.4, 0.5) is 5.69 Å². The van der Waals surface area contributed by atoms with Gasteiger partial charge in [-0.15, -0.1) is 0 Å². The molecule has 5 rings (SSSR count). The van der Waals surface area contributed by atoms with Gasteiger partial charge in [0.15, 0.2) is 17.3 Å². The van der Waals surface area contributed by atoms with Crippen molar-refractivity contribution in [2.24, 2.45) is 0 Å². The molecule has 6 nitrogen and oxygen atoms in total. The number of furan rings is 1. The Morgan fingerprint density at radius 2 is 1.79 bits per heavy atom. The van der Waals surface area contributed by atoms with E-state index in [0.29, 0.717) is 22.7 Å². The highest BCUT2D eigenvalue weighted by molar-refractivity contribution is 6.05. The summed E-state index contributed by atoms with van der Waals surface area (Å²) in [7, 11) is 0. The maximum absolute atomic E-state index is 12.7. The highest BCUT2D eigenvalue weighted by Crippen LogP contribution is 2.37. The number of benzene rings is 2. The quantitative estimate of drug-likeness (QED) is 0.695. The molecule has 0 bridgehead atoms. The molecule has 28 heavy (non-hydrogen) atoms. The number of carbonyl (C=O) groups is 2. The maximum atomic E-state index is 12.7. The van der Waals surface area contributed by atoms with Gasteiger partial charge in [0.1, 0.15) is 5.58 Å². The average molecular weight is 377 g/mol. The third-order valence-corrected chi connectivity index (χ3v) is 5.39. The van der Waals surface area contributed by atoms with Gasteiger partial charge in [-0.3, -0.25) is 9.59 Å². The number of ketones is 1. The van der Waals surface area contributed by atoms with Gasteiger partial charge < -0.3 is 19.2 Å². The van der Waals surface area contributed by atoms with Crippen molar-refractivity contribution in [3.63, 3.8) is 0 Å². The molecule has 1 aliphatic carbocycles. The molecule has 0 unspecified atom stereocenters. The van der Waals surface area contributed by atoms with Gasteiger partial charge in [-0.1, -0.05) is 0 Å². The van der Waals surface area contributed by atoms with Gasteiger partial charge in [0, 0.05) is 22.6 Å². The van der Waals surface area contributed by atoms with E-state index in [9.17, 15) is 9.59 Å². The van der Waals surface area contributed by atoms with Crippen LogP contribution in [0.2, 0.25) is 0 Å². The van der Waals surface area contributed by atoms with Crippen LogP contribution in [-0.2, 0) is 24.1 Å². The zero-order chi connectivity index (χ0) is 19.3. The van der Waals surface area contributed by atoms with Crippen LogP contribution >= 0.6 is 0 Å². The van der Waals surface area contributed by atoms with Gasteiger partial charge in [0.2, 0.25) is 12.7 Å². The van der Waals surface area contributed by atoms with E-state index in [2.05, 4.69) is 17.4 Å². The number of rotatable bonds is 4. The second kappa shape index (κ2) is 6.41. The molecule has 1 N–H and O–H groups in total. The van der Waals surface area contributed by atoms with Gasteiger partial charge in [0.05, 0.1) is 18.4 Å². The number of carbonyl (C=O) groups excluding carboxylic acids is 2. The van der Waals surface area contributed by atoms with Crippen LogP contribution in [0.15, 0.2) is 34.9 Å². The molecule has 1 aromatic heterocycles. The fourth-order valence-corrected chi connectivity index (χ4v) is 3.99. The first-order chi connectivity index (χ1) is 13.6. The van der Waals surface area contributed by atoms with Gasteiger partial charge in [0.25, 0.3) is 0 Å². The van der Waals surface area contributed by atoms with Crippen LogP contribution in [0.5, 0.6) is 11.5 Å². The van der Waals surface area contributed by atoms with Crippen molar-refractivity contribution >= 4 is 28.3 Å². The molecule has 142 valence electrons. The molecule has 3 aromatic rings. The Morgan fingerprint density at radius 3 is 2.57 bits per heavy atom. The summed E-state index contributed by atoms with van der Waals surface area (Å²) in [6, 6.07) is 7.48. The summed E-state index contributed by atoms with van der Waals surface area (Å²) in [6.45, 7) is 1.56. The third kappa shape index (κ3) is 2.81. The first-order valence-electron chi connectivity index (χ1n) is 9.35.